The predicted octanol–water partition coefficient (Wildman–Crippen LogP) is 8.75. The van der Waals surface area contributed by atoms with Crippen molar-refractivity contribution in [3.63, 3.8) is 0 Å². The molecule has 0 bridgehead atoms. The number of rotatable bonds is 27. The normalized spacial score (nSPS) is 30.8. The lowest BCUT2D eigenvalue weighted by Crippen LogP contribution is -2.51. The van der Waals surface area contributed by atoms with Crippen LogP contribution >= 0.6 is 7.82 Å². The van der Waals surface area contributed by atoms with Gasteiger partial charge in [-0.15, -0.1) is 0 Å². The summed E-state index contributed by atoms with van der Waals surface area (Å²) in [4.78, 5) is 12.7. The number of phosphoric ester groups is 1. The Morgan fingerprint density at radius 2 is 1.64 bits per heavy atom. The van der Waals surface area contributed by atoms with Gasteiger partial charge in [-0.3, -0.25) is 13.6 Å². The van der Waals surface area contributed by atoms with Crippen molar-refractivity contribution in [3.8, 4) is 0 Å². The molecule has 0 aromatic heterocycles. The van der Waals surface area contributed by atoms with Gasteiger partial charge in [-0.25, -0.2) is 9.36 Å². The van der Waals surface area contributed by atoms with Crippen LogP contribution < -0.4 is 5.32 Å². The van der Waals surface area contributed by atoms with Gasteiger partial charge in [0.15, 0.2) is 0 Å². The lowest BCUT2D eigenvalue weighted by Gasteiger charge is -2.58. The summed E-state index contributed by atoms with van der Waals surface area (Å²) >= 11 is 0. The molecule has 0 aliphatic heterocycles. The molecule has 0 spiro atoms. The second kappa shape index (κ2) is 23.6. The number of carbonyl (C=O) groups is 1. The van der Waals surface area contributed by atoms with E-state index in [1.807, 2.05) is 0 Å². The first kappa shape index (κ1) is 47.6. The van der Waals surface area contributed by atoms with Crippen LogP contribution in [0.4, 0.5) is 4.79 Å². The molecule has 4 aliphatic carbocycles. The number of aliphatic hydroxyl groups is 1. The van der Waals surface area contributed by atoms with Gasteiger partial charge in [0.05, 0.1) is 52.9 Å². The Balaban J connectivity index is 1.02. The molecule has 12 nitrogen and oxygen atoms in total. The van der Waals surface area contributed by atoms with E-state index in [-0.39, 0.29) is 37.4 Å². The monoisotopic (exact) mass is 816 g/mol. The second-order valence-corrected chi connectivity index (χ2v) is 19.5. The predicted molar refractivity (Wildman–Crippen MR) is 217 cm³/mol. The van der Waals surface area contributed by atoms with Crippen LogP contribution in [0.1, 0.15) is 119 Å². The van der Waals surface area contributed by atoms with E-state index < -0.39 is 13.9 Å². The summed E-state index contributed by atoms with van der Waals surface area (Å²) in [6.07, 6.45) is 15.9. The van der Waals surface area contributed by atoms with Crippen molar-refractivity contribution in [1.82, 2.24) is 5.32 Å². The summed E-state index contributed by atoms with van der Waals surface area (Å²) in [5.74, 6) is 4.94. The number of ether oxygens (including phenoxy) is 5. The van der Waals surface area contributed by atoms with E-state index in [0.29, 0.717) is 64.6 Å². The molecule has 56 heavy (non-hydrogen) atoms. The van der Waals surface area contributed by atoms with E-state index in [9.17, 15) is 14.5 Å². The van der Waals surface area contributed by atoms with Gasteiger partial charge in [0, 0.05) is 33.3 Å². The molecular formula is C43H78NO11P. The van der Waals surface area contributed by atoms with Crippen LogP contribution in [0, 0.1) is 46.3 Å². The average Bonchev–Trinajstić information content (AvgIpc) is 3.53. The van der Waals surface area contributed by atoms with E-state index in [0.717, 1.165) is 54.8 Å². The van der Waals surface area contributed by atoms with E-state index >= 15 is 0 Å². The molecule has 0 aromatic carbocycles. The molecule has 3 fully saturated rings. The minimum absolute atomic E-state index is 0.0629. The van der Waals surface area contributed by atoms with Crippen molar-refractivity contribution < 1.29 is 51.7 Å². The third kappa shape index (κ3) is 13.5. The molecule has 0 saturated heterocycles. The zero-order valence-electron chi connectivity index (χ0n) is 35.9. The Labute approximate surface area is 338 Å². The summed E-state index contributed by atoms with van der Waals surface area (Å²) in [7, 11) is -2.39. The van der Waals surface area contributed by atoms with Crippen LogP contribution in [0.25, 0.3) is 0 Å². The van der Waals surface area contributed by atoms with Crippen LogP contribution in [-0.4, -0.2) is 103 Å². The van der Waals surface area contributed by atoms with Crippen LogP contribution in [0.2, 0.25) is 0 Å². The number of amides is 1. The summed E-state index contributed by atoms with van der Waals surface area (Å²) in [5, 5.41) is 12.3. The minimum Gasteiger partial charge on any atom is -0.446 e. The van der Waals surface area contributed by atoms with E-state index in [1.54, 1.807) is 12.5 Å². The maximum Gasteiger partial charge on any atom is 0.474 e. The Kier molecular flexibility index (Phi) is 20.1. The van der Waals surface area contributed by atoms with Crippen LogP contribution in [0.3, 0.4) is 0 Å². The first-order valence-electron chi connectivity index (χ1n) is 21.9. The van der Waals surface area contributed by atoms with Crippen molar-refractivity contribution >= 4 is 13.9 Å². The highest BCUT2D eigenvalue weighted by Gasteiger charge is 2.59. The number of phosphoric acid groups is 1. The SMILES string of the molecule is CCOP(=O)(OC)OCC(CO)OCCCOCCOCCOCCNC(=O)OC1CCC2(C)C(=CCC3C2CCC2(C)C(C(C)CCCC(C)C)CCC32)C1. The fourth-order valence-electron chi connectivity index (χ4n) is 10.8. The van der Waals surface area contributed by atoms with Crippen LogP contribution in [-0.2, 0) is 41.8 Å². The minimum atomic E-state index is -3.63. The average molecular weight is 816 g/mol. The summed E-state index contributed by atoms with van der Waals surface area (Å²) in [6.45, 7) is 17.2. The number of alkyl carbamates (subject to hydrolysis) is 1. The zero-order valence-corrected chi connectivity index (χ0v) is 36.8. The number of hydrogen-bond donors (Lipinski definition) is 2. The van der Waals surface area contributed by atoms with E-state index in [2.05, 4.69) is 46.0 Å². The number of aliphatic hydroxyl groups excluding tert-OH is 1. The third-order valence-electron chi connectivity index (χ3n) is 13.7. The van der Waals surface area contributed by atoms with Gasteiger partial charge in [0.25, 0.3) is 0 Å². The fraction of sp³-hybridized carbons (Fsp3) is 0.930. The van der Waals surface area contributed by atoms with Gasteiger partial charge in [-0.05, 0) is 105 Å². The maximum atomic E-state index is 12.7. The molecule has 326 valence electrons. The molecule has 10 atom stereocenters. The van der Waals surface area contributed by atoms with Gasteiger partial charge in [0.1, 0.15) is 12.2 Å². The standard InChI is InChI=1S/C43H78NO11P/c1-8-53-56(47,48-7)54-31-36(30-45)52-23-10-22-49-25-27-51-28-26-50-24-21-44-41(46)55-35-17-19-42(5)34(29-35)13-14-37-39-16-15-38(33(4)12-9-11-32(2)3)43(39,6)20-18-40(37)42/h13,32-33,35-40,45H,8-12,14-31H2,1-7H3,(H,44,46). The zero-order chi connectivity index (χ0) is 40.6. The number of hydrogen-bond acceptors (Lipinski definition) is 11. The van der Waals surface area contributed by atoms with Crippen molar-refractivity contribution in [3.05, 3.63) is 11.6 Å². The highest BCUT2D eigenvalue weighted by Crippen LogP contribution is 2.67. The molecule has 4 rings (SSSR count). The number of allylic oxidation sites excluding steroid dienone is 1. The topological polar surface area (TPSA) is 140 Å². The molecule has 0 radical (unpaired) electrons. The Hall–Kier alpha value is -1.08. The quantitative estimate of drug-likeness (QED) is 0.0467. The third-order valence-corrected chi connectivity index (χ3v) is 15.2. The molecule has 13 heteroatoms. The van der Waals surface area contributed by atoms with Crippen molar-refractivity contribution in [1.29, 1.82) is 0 Å². The largest absolute Gasteiger partial charge is 0.474 e. The first-order chi connectivity index (χ1) is 26.9. The number of nitrogens with one attached hydrogen (secondary N) is 1. The second-order valence-electron chi connectivity index (χ2n) is 17.7. The highest BCUT2D eigenvalue weighted by molar-refractivity contribution is 7.48. The van der Waals surface area contributed by atoms with Crippen molar-refractivity contribution in [2.45, 2.75) is 131 Å². The van der Waals surface area contributed by atoms with Crippen molar-refractivity contribution in [2.24, 2.45) is 46.3 Å². The summed E-state index contributed by atoms with van der Waals surface area (Å²) in [6, 6.07) is 0. The molecular weight excluding hydrogens is 737 g/mol. The van der Waals surface area contributed by atoms with Gasteiger partial charge in [-0.1, -0.05) is 65.5 Å². The van der Waals surface area contributed by atoms with E-state index in [4.69, 9.17) is 37.3 Å². The first-order valence-corrected chi connectivity index (χ1v) is 23.4. The number of carbonyl (C=O) groups excluding carboxylic acids is 1. The summed E-state index contributed by atoms with van der Waals surface area (Å²) < 4.78 is 55.3. The Morgan fingerprint density at radius 3 is 2.34 bits per heavy atom. The smallest absolute Gasteiger partial charge is 0.446 e. The lowest BCUT2D eigenvalue weighted by atomic mass is 9.47. The maximum absolute atomic E-state index is 12.7. The Bertz CT molecular complexity index is 1240. The number of fused-ring (bicyclic) bond motifs is 5. The molecule has 3 saturated carbocycles. The lowest BCUT2D eigenvalue weighted by molar-refractivity contribution is -0.0581. The van der Waals surface area contributed by atoms with Gasteiger partial charge in [-0.2, -0.15) is 0 Å². The Morgan fingerprint density at radius 1 is 0.911 bits per heavy atom. The van der Waals surface area contributed by atoms with E-state index in [1.165, 1.54) is 58.5 Å². The molecule has 4 aliphatic rings. The fourth-order valence-corrected chi connectivity index (χ4v) is 11.7. The molecule has 0 aromatic rings. The molecule has 10 unspecified atom stereocenters. The summed E-state index contributed by atoms with van der Waals surface area (Å²) in [5.41, 5.74) is 2.28. The van der Waals surface area contributed by atoms with Crippen LogP contribution in [0.15, 0.2) is 11.6 Å². The molecule has 2 N–H and O–H groups in total. The van der Waals surface area contributed by atoms with Gasteiger partial charge in [0.2, 0.25) is 0 Å². The molecule has 1 amide bonds. The highest BCUT2D eigenvalue weighted by atomic mass is 31.2. The molecule has 0 heterocycles. The van der Waals surface area contributed by atoms with Crippen LogP contribution in [0.5, 0.6) is 0 Å². The van der Waals surface area contributed by atoms with Gasteiger partial charge >= 0.3 is 13.9 Å². The van der Waals surface area contributed by atoms with Gasteiger partial charge < -0.3 is 34.1 Å². The van der Waals surface area contributed by atoms with Crippen molar-refractivity contribution in [2.75, 3.05) is 79.7 Å².